The van der Waals surface area contributed by atoms with Crippen molar-refractivity contribution in [3.63, 3.8) is 0 Å². The summed E-state index contributed by atoms with van der Waals surface area (Å²) in [5, 5.41) is 27.6. The van der Waals surface area contributed by atoms with Crippen LogP contribution in [0, 0.1) is 5.41 Å². The summed E-state index contributed by atoms with van der Waals surface area (Å²) >= 11 is 0. The molecule has 1 aliphatic rings. The maximum Gasteiger partial charge on any atom is 0.396 e. The molecule has 0 saturated carbocycles. The fraction of sp³-hybridized carbons (Fsp3) is 0.450. The maximum atomic E-state index is 11.3. The summed E-state index contributed by atoms with van der Waals surface area (Å²) in [6.07, 6.45) is 3.17. The maximum absolute atomic E-state index is 11.3. The van der Waals surface area contributed by atoms with Crippen molar-refractivity contribution in [1.82, 2.24) is 20.2 Å². The van der Waals surface area contributed by atoms with E-state index in [1.807, 2.05) is 31.2 Å². The number of rotatable bonds is 9. The summed E-state index contributed by atoms with van der Waals surface area (Å²) in [6, 6.07) is 7.49. The van der Waals surface area contributed by atoms with E-state index in [2.05, 4.69) is 38.1 Å². The van der Waals surface area contributed by atoms with Gasteiger partial charge in [-0.3, -0.25) is 0 Å². The third-order valence-electron chi connectivity index (χ3n) is 5.04. The Labute approximate surface area is 186 Å². The van der Waals surface area contributed by atoms with Crippen LogP contribution in [-0.4, -0.2) is 59.6 Å². The molecule has 0 unspecified atom stereocenters. The van der Waals surface area contributed by atoms with E-state index < -0.39 is 21.0 Å². The quantitative estimate of drug-likeness (QED) is 0.554. The molecule has 12 heteroatoms. The Hall–Kier alpha value is -3.28. The lowest BCUT2D eigenvalue weighted by Crippen LogP contribution is -2.17. The minimum atomic E-state index is -3.44. The molecule has 0 saturated heterocycles. The predicted octanol–water partition coefficient (Wildman–Crippen LogP) is 4.45. The lowest BCUT2D eigenvalue weighted by atomic mass is 9.84. The van der Waals surface area contributed by atoms with E-state index in [0.717, 1.165) is 17.7 Å². The van der Waals surface area contributed by atoms with Crippen LogP contribution >= 0.6 is 10.4 Å². The van der Waals surface area contributed by atoms with Gasteiger partial charge in [0.15, 0.2) is 10.4 Å². The number of ether oxygens (including phenoxy) is 1. The number of aryl methyl sites for hydroxylation is 1. The largest absolute Gasteiger partial charge is 0.494 e. The number of hydrogen-bond acceptors (Lipinski definition) is 8. The van der Waals surface area contributed by atoms with Gasteiger partial charge in [-0.15, -0.1) is 10.2 Å². The van der Waals surface area contributed by atoms with E-state index in [4.69, 9.17) is 4.74 Å². The lowest BCUT2D eigenvalue weighted by molar-refractivity contribution is 0.215. The van der Waals surface area contributed by atoms with Gasteiger partial charge in [0.2, 0.25) is 5.82 Å². The highest BCUT2D eigenvalue weighted by Crippen LogP contribution is 2.54. The molecule has 0 amide bonds. The zero-order valence-corrected chi connectivity index (χ0v) is 18.9. The molecular formula is C20H26N6O5S. The smallest absolute Gasteiger partial charge is 0.396 e. The highest BCUT2D eigenvalue weighted by atomic mass is 32.3. The highest BCUT2D eigenvalue weighted by Gasteiger charge is 2.43. The monoisotopic (exact) mass is 462 g/mol. The number of nitrogens with zero attached hydrogens (tertiary/aromatic N) is 6. The molecule has 0 fully saturated rings. The number of carbonyl (C=O) groups is 2. The van der Waals surface area contributed by atoms with Gasteiger partial charge in [0.1, 0.15) is 5.75 Å². The molecule has 1 aromatic carbocycles. The molecule has 2 heterocycles. The molecule has 0 radical (unpaired) electrons. The molecule has 0 aliphatic carbocycles. The Morgan fingerprint density at radius 2 is 1.81 bits per heavy atom. The normalized spacial score (nSPS) is 15.9. The van der Waals surface area contributed by atoms with Crippen LogP contribution in [0.1, 0.15) is 40.0 Å². The highest BCUT2D eigenvalue weighted by molar-refractivity contribution is 8.53. The number of benzene rings is 1. The molecule has 1 aliphatic heterocycles. The van der Waals surface area contributed by atoms with Crippen molar-refractivity contribution in [3.8, 4) is 17.1 Å². The fourth-order valence-corrected chi connectivity index (χ4v) is 4.22. The molecule has 2 aromatic rings. The summed E-state index contributed by atoms with van der Waals surface area (Å²) in [5.41, 5.74) is 1.15. The third kappa shape index (κ3) is 5.31. The lowest BCUT2D eigenvalue weighted by Gasteiger charge is -2.24. The first-order valence-corrected chi connectivity index (χ1v) is 11.6. The van der Waals surface area contributed by atoms with E-state index in [-0.39, 0.29) is 5.41 Å². The number of tetrazole rings is 1. The second-order valence-electron chi connectivity index (χ2n) is 7.99. The average molecular weight is 463 g/mol. The molecule has 11 nitrogen and oxygen atoms in total. The van der Waals surface area contributed by atoms with E-state index in [1.165, 1.54) is 11.0 Å². The van der Waals surface area contributed by atoms with Gasteiger partial charge in [-0.2, -0.15) is 4.80 Å². The fourth-order valence-electron chi connectivity index (χ4n) is 2.94. The topological polar surface area (TPSA) is 152 Å². The van der Waals surface area contributed by atoms with Gasteiger partial charge < -0.3 is 14.9 Å². The van der Waals surface area contributed by atoms with E-state index >= 15 is 0 Å². The predicted molar refractivity (Wildman–Crippen MR) is 122 cm³/mol. The van der Waals surface area contributed by atoms with Crippen LogP contribution in [0.4, 0.5) is 9.59 Å². The van der Waals surface area contributed by atoms with Crippen LogP contribution < -0.4 is 4.74 Å². The van der Waals surface area contributed by atoms with Crippen molar-refractivity contribution in [1.29, 1.82) is 0 Å². The molecule has 1 aromatic heterocycles. The Balaban J connectivity index is 1.49. The van der Waals surface area contributed by atoms with Crippen LogP contribution in [0.5, 0.6) is 5.75 Å². The first-order chi connectivity index (χ1) is 15.1. The summed E-state index contributed by atoms with van der Waals surface area (Å²) in [5.74, 6) is 1.30. The van der Waals surface area contributed by atoms with Crippen molar-refractivity contribution in [2.45, 2.75) is 46.6 Å². The van der Waals surface area contributed by atoms with Crippen LogP contribution in [0.25, 0.3) is 11.4 Å². The SMILES string of the molecule is CCn1nnc(-c2ccc(OCCC(C)(C)CCC3=NS(C(=O)O)(C(=O)O)N=C3)cc2)n1. The van der Waals surface area contributed by atoms with Gasteiger partial charge in [0, 0.05) is 5.56 Å². The van der Waals surface area contributed by atoms with Crippen LogP contribution in [0.15, 0.2) is 33.1 Å². The molecular weight excluding hydrogens is 436 g/mol. The summed E-state index contributed by atoms with van der Waals surface area (Å²) < 4.78 is 13.5. The van der Waals surface area contributed by atoms with Crippen molar-refractivity contribution in [3.05, 3.63) is 24.3 Å². The zero-order valence-electron chi connectivity index (χ0n) is 18.1. The second kappa shape index (κ2) is 9.47. The Morgan fingerprint density at radius 3 is 2.38 bits per heavy atom. The molecule has 3 rings (SSSR count). The van der Waals surface area contributed by atoms with Gasteiger partial charge in [-0.05, 0) is 61.1 Å². The Kier molecular flexibility index (Phi) is 6.92. The molecule has 0 bridgehead atoms. The number of carboxylic acid groups (broad SMARTS) is 2. The van der Waals surface area contributed by atoms with E-state index in [9.17, 15) is 19.8 Å². The minimum absolute atomic E-state index is 0.119. The Bertz CT molecular complexity index is 1030. The molecule has 0 atom stereocenters. The van der Waals surface area contributed by atoms with Crippen molar-refractivity contribution in [2.75, 3.05) is 6.61 Å². The van der Waals surface area contributed by atoms with Gasteiger partial charge in [0.05, 0.1) is 25.1 Å². The van der Waals surface area contributed by atoms with Gasteiger partial charge in [-0.25, -0.2) is 18.4 Å². The van der Waals surface area contributed by atoms with Gasteiger partial charge >= 0.3 is 10.6 Å². The van der Waals surface area contributed by atoms with Gasteiger partial charge in [-0.1, -0.05) is 13.8 Å². The number of hydrogen-bond donors (Lipinski definition) is 2. The van der Waals surface area contributed by atoms with Crippen LogP contribution in [0.2, 0.25) is 0 Å². The summed E-state index contributed by atoms with van der Waals surface area (Å²) in [7, 11) is -3.44. The summed E-state index contributed by atoms with van der Waals surface area (Å²) in [6.45, 7) is 7.24. The Morgan fingerprint density at radius 1 is 1.12 bits per heavy atom. The van der Waals surface area contributed by atoms with Crippen LogP contribution in [0.3, 0.4) is 0 Å². The van der Waals surface area contributed by atoms with Crippen LogP contribution in [-0.2, 0) is 6.54 Å². The molecule has 172 valence electrons. The van der Waals surface area contributed by atoms with E-state index in [0.29, 0.717) is 37.5 Å². The first kappa shape index (κ1) is 23.4. The standard InChI is InChI=1S/C20H26N6O5S/c1-4-26-23-17(22-25-26)14-5-7-16(8-6-14)31-12-11-20(2,3)10-9-15-13-21-32(24-15,18(27)28)19(29)30/h5-8,13H,4,9-12H2,1-3H3,(H,27,28)(H,29,30). The second-order valence-corrected chi connectivity index (χ2v) is 10.2. The number of aromatic nitrogens is 4. The van der Waals surface area contributed by atoms with Crippen molar-refractivity contribution < 1.29 is 24.5 Å². The minimum Gasteiger partial charge on any atom is -0.494 e. The third-order valence-corrected chi connectivity index (χ3v) is 6.93. The van der Waals surface area contributed by atoms with Gasteiger partial charge in [0.25, 0.3) is 0 Å². The van der Waals surface area contributed by atoms with Crippen molar-refractivity contribution >= 4 is 32.9 Å². The first-order valence-electron chi connectivity index (χ1n) is 10.1. The zero-order chi connectivity index (χ0) is 23.4. The average Bonchev–Trinajstić information content (AvgIpc) is 3.41. The molecule has 0 spiro atoms. The molecule has 2 N–H and O–H groups in total. The van der Waals surface area contributed by atoms with Crippen molar-refractivity contribution in [2.24, 2.45) is 14.2 Å². The molecule has 32 heavy (non-hydrogen) atoms. The van der Waals surface area contributed by atoms with E-state index in [1.54, 1.807) is 0 Å². The summed E-state index contributed by atoms with van der Waals surface area (Å²) in [4.78, 5) is 24.1.